The molecule has 0 unspecified atom stereocenters. The van der Waals surface area contributed by atoms with Gasteiger partial charge in [-0.05, 0) is 37.1 Å². The van der Waals surface area contributed by atoms with Crippen molar-refractivity contribution in [2.24, 2.45) is 0 Å². The molecule has 0 atom stereocenters. The Kier molecular flexibility index (Phi) is 5.85. The Labute approximate surface area is 168 Å². The van der Waals surface area contributed by atoms with Crippen molar-refractivity contribution < 1.29 is 41.8 Å². The highest BCUT2D eigenvalue weighted by Gasteiger charge is 2.52. The van der Waals surface area contributed by atoms with Gasteiger partial charge in [0.25, 0.3) is 11.8 Å². The lowest BCUT2D eigenvalue weighted by molar-refractivity contribution is -0.274. The van der Waals surface area contributed by atoms with E-state index in [1.807, 2.05) is 0 Å². The highest BCUT2D eigenvalue weighted by molar-refractivity contribution is 6.08. The monoisotopic (exact) mass is 429 g/mol. The second kappa shape index (κ2) is 8.20. The normalized spacial score (nSPS) is 18.2. The van der Waals surface area contributed by atoms with Crippen molar-refractivity contribution in [2.45, 2.75) is 44.0 Å². The fourth-order valence-corrected chi connectivity index (χ4v) is 3.38. The standard InChI is InChI=1S/C18H18F3N3O6/c19-18(20,21)30-12-6-4-11(5-7-12)14(26)29-10-13(25)23-24-15(27)17(22-16(24)28)8-2-1-3-9-17/h4-7H,1-3,8-10H2,(H,22,28)(H,23,25). The highest BCUT2D eigenvalue weighted by atomic mass is 19.4. The van der Waals surface area contributed by atoms with E-state index in [4.69, 9.17) is 4.74 Å². The summed E-state index contributed by atoms with van der Waals surface area (Å²) in [6.45, 7) is -0.802. The number of nitrogens with one attached hydrogen (secondary N) is 2. The summed E-state index contributed by atoms with van der Waals surface area (Å²) < 4.78 is 44.9. The molecule has 1 aliphatic heterocycles. The number of carbonyl (C=O) groups excluding carboxylic acids is 4. The maximum Gasteiger partial charge on any atom is 0.573 e. The molecule has 2 fully saturated rings. The zero-order valence-corrected chi connectivity index (χ0v) is 15.6. The lowest BCUT2D eigenvalue weighted by Crippen LogP contribution is -2.51. The highest BCUT2D eigenvalue weighted by Crippen LogP contribution is 2.33. The summed E-state index contributed by atoms with van der Waals surface area (Å²) in [6.07, 6.45) is -1.40. The van der Waals surface area contributed by atoms with Crippen LogP contribution in [0.25, 0.3) is 0 Å². The lowest BCUT2D eigenvalue weighted by atomic mass is 9.82. The quantitative estimate of drug-likeness (QED) is 0.547. The molecule has 30 heavy (non-hydrogen) atoms. The SMILES string of the molecule is O=C(COC(=O)c1ccc(OC(F)(F)F)cc1)NN1C(=O)NC2(CCCCC2)C1=O. The van der Waals surface area contributed by atoms with Crippen molar-refractivity contribution in [3.05, 3.63) is 29.8 Å². The molecule has 2 aliphatic rings. The first-order valence-corrected chi connectivity index (χ1v) is 9.09. The topological polar surface area (TPSA) is 114 Å². The molecule has 3 rings (SSSR count). The van der Waals surface area contributed by atoms with Gasteiger partial charge in [0, 0.05) is 0 Å². The van der Waals surface area contributed by atoms with Gasteiger partial charge in [-0.25, -0.2) is 9.59 Å². The zero-order chi connectivity index (χ0) is 21.9. The minimum atomic E-state index is -4.87. The molecule has 2 N–H and O–H groups in total. The molecule has 1 saturated heterocycles. The number of hydrogen-bond acceptors (Lipinski definition) is 6. The predicted octanol–water partition coefficient (Wildman–Crippen LogP) is 2.03. The fourth-order valence-electron chi connectivity index (χ4n) is 3.38. The third-order valence-corrected chi connectivity index (χ3v) is 4.76. The fraction of sp³-hybridized carbons (Fsp3) is 0.444. The molecule has 9 nitrogen and oxygen atoms in total. The van der Waals surface area contributed by atoms with Crippen LogP contribution in [0.3, 0.4) is 0 Å². The molecule has 0 bridgehead atoms. The van der Waals surface area contributed by atoms with Crippen LogP contribution in [0.2, 0.25) is 0 Å². The van der Waals surface area contributed by atoms with Crippen LogP contribution in [0.4, 0.5) is 18.0 Å². The summed E-state index contributed by atoms with van der Waals surface area (Å²) in [4.78, 5) is 48.5. The first-order valence-electron chi connectivity index (χ1n) is 9.09. The molecule has 0 aromatic heterocycles. The van der Waals surface area contributed by atoms with E-state index in [1.165, 1.54) is 0 Å². The molecule has 4 amide bonds. The number of esters is 1. The van der Waals surface area contributed by atoms with E-state index >= 15 is 0 Å². The molecule has 1 heterocycles. The maximum atomic E-state index is 12.5. The second-order valence-corrected chi connectivity index (χ2v) is 6.90. The summed E-state index contributed by atoms with van der Waals surface area (Å²) in [5, 5.41) is 3.18. The average molecular weight is 429 g/mol. The van der Waals surface area contributed by atoms with Gasteiger partial charge in [-0.2, -0.15) is 5.01 Å². The van der Waals surface area contributed by atoms with E-state index in [0.717, 1.165) is 43.5 Å². The van der Waals surface area contributed by atoms with Gasteiger partial charge >= 0.3 is 18.4 Å². The molecule has 1 aromatic carbocycles. The molecule has 1 aliphatic carbocycles. The number of amides is 4. The van der Waals surface area contributed by atoms with Crippen molar-refractivity contribution in [2.75, 3.05) is 6.61 Å². The van der Waals surface area contributed by atoms with E-state index in [1.54, 1.807) is 0 Å². The number of nitrogens with zero attached hydrogens (tertiary/aromatic N) is 1. The van der Waals surface area contributed by atoms with E-state index in [2.05, 4.69) is 15.5 Å². The number of alkyl halides is 3. The number of imide groups is 1. The third-order valence-electron chi connectivity index (χ3n) is 4.76. The van der Waals surface area contributed by atoms with Gasteiger partial charge < -0.3 is 14.8 Å². The van der Waals surface area contributed by atoms with E-state index in [-0.39, 0.29) is 5.56 Å². The third kappa shape index (κ3) is 4.81. The van der Waals surface area contributed by atoms with E-state index in [0.29, 0.717) is 17.9 Å². The van der Waals surface area contributed by atoms with Crippen LogP contribution >= 0.6 is 0 Å². The van der Waals surface area contributed by atoms with Crippen LogP contribution in [-0.4, -0.2) is 47.3 Å². The van der Waals surface area contributed by atoms with Crippen LogP contribution in [-0.2, 0) is 14.3 Å². The summed E-state index contributed by atoms with van der Waals surface area (Å²) in [5.41, 5.74) is 0.971. The second-order valence-electron chi connectivity index (χ2n) is 6.90. The summed E-state index contributed by atoms with van der Waals surface area (Å²) in [6, 6.07) is 3.14. The van der Waals surface area contributed by atoms with Gasteiger partial charge in [0.2, 0.25) is 0 Å². The number of rotatable bonds is 5. The summed E-state index contributed by atoms with van der Waals surface area (Å²) in [5.74, 6) is -2.99. The minimum absolute atomic E-state index is 0.117. The number of benzene rings is 1. The van der Waals surface area contributed by atoms with Crippen LogP contribution in [0.5, 0.6) is 5.75 Å². The summed E-state index contributed by atoms with van der Waals surface area (Å²) >= 11 is 0. The largest absolute Gasteiger partial charge is 0.573 e. The number of ether oxygens (including phenoxy) is 2. The van der Waals surface area contributed by atoms with Crippen LogP contribution in [0, 0.1) is 0 Å². The molecule has 1 spiro atoms. The van der Waals surface area contributed by atoms with Gasteiger partial charge in [0.1, 0.15) is 11.3 Å². The zero-order valence-electron chi connectivity index (χ0n) is 15.6. The van der Waals surface area contributed by atoms with Gasteiger partial charge in [0.05, 0.1) is 5.56 Å². The Morgan fingerprint density at radius 1 is 1.10 bits per heavy atom. The van der Waals surface area contributed by atoms with Gasteiger partial charge in [-0.3, -0.25) is 15.0 Å². The van der Waals surface area contributed by atoms with Gasteiger partial charge in [-0.15, -0.1) is 13.2 Å². The number of carbonyl (C=O) groups is 4. The number of halogens is 3. The minimum Gasteiger partial charge on any atom is -0.452 e. The van der Waals surface area contributed by atoms with Crippen molar-refractivity contribution in [1.29, 1.82) is 0 Å². The number of urea groups is 1. The van der Waals surface area contributed by atoms with Crippen LogP contribution in [0.1, 0.15) is 42.5 Å². The Morgan fingerprint density at radius 2 is 1.73 bits per heavy atom. The molecule has 162 valence electrons. The lowest BCUT2D eigenvalue weighted by Gasteiger charge is -2.30. The first-order chi connectivity index (χ1) is 14.1. The number of hydrazine groups is 1. The van der Waals surface area contributed by atoms with Crippen LogP contribution in [0.15, 0.2) is 24.3 Å². The van der Waals surface area contributed by atoms with Crippen molar-refractivity contribution in [3.63, 3.8) is 0 Å². The molecule has 1 aromatic rings. The molecule has 0 radical (unpaired) electrons. The van der Waals surface area contributed by atoms with Crippen molar-refractivity contribution in [1.82, 2.24) is 15.8 Å². The maximum absolute atomic E-state index is 12.5. The molecular weight excluding hydrogens is 411 g/mol. The average Bonchev–Trinajstić information content (AvgIpc) is 2.90. The molecule has 1 saturated carbocycles. The Bertz CT molecular complexity index is 850. The molecular formula is C18H18F3N3O6. The van der Waals surface area contributed by atoms with Gasteiger partial charge in [-0.1, -0.05) is 19.3 Å². The van der Waals surface area contributed by atoms with Gasteiger partial charge in [0.15, 0.2) is 6.61 Å². The van der Waals surface area contributed by atoms with Crippen molar-refractivity contribution in [3.8, 4) is 5.75 Å². The predicted molar refractivity (Wildman–Crippen MR) is 92.7 cm³/mol. The summed E-state index contributed by atoms with van der Waals surface area (Å²) in [7, 11) is 0. The smallest absolute Gasteiger partial charge is 0.452 e. The Morgan fingerprint density at radius 3 is 2.33 bits per heavy atom. The van der Waals surface area contributed by atoms with Crippen molar-refractivity contribution >= 4 is 23.8 Å². The van der Waals surface area contributed by atoms with E-state index in [9.17, 15) is 32.3 Å². The van der Waals surface area contributed by atoms with Crippen LogP contribution < -0.4 is 15.5 Å². The Hall–Kier alpha value is -3.31. The van der Waals surface area contributed by atoms with E-state index < -0.39 is 48.1 Å². The Balaban J connectivity index is 1.51. The first kappa shape index (κ1) is 21.4. The molecule has 12 heteroatoms. The number of hydrogen-bond donors (Lipinski definition) is 2.